The maximum absolute atomic E-state index is 13.6. The molecule has 0 radical (unpaired) electrons. The number of benzene rings is 2. The van der Waals surface area contributed by atoms with Crippen molar-refractivity contribution in [3.8, 4) is 11.3 Å². The molecule has 6 rings (SSSR count). The third kappa shape index (κ3) is 5.13. The summed E-state index contributed by atoms with van der Waals surface area (Å²) < 4.78 is 1.31. The Morgan fingerprint density at radius 1 is 1.02 bits per heavy atom. The van der Waals surface area contributed by atoms with Crippen LogP contribution in [0.15, 0.2) is 95.4 Å². The van der Waals surface area contributed by atoms with Gasteiger partial charge in [-0.1, -0.05) is 53.5 Å². The molecule has 2 aromatic carbocycles. The number of rotatable bonds is 7. The first kappa shape index (κ1) is 25.6. The van der Waals surface area contributed by atoms with E-state index in [1.165, 1.54) is 17.0 Å². The Kier molecular flexibility index (Phi) is 6.91. The van der Waals surface area contributed by atoms with Crippen LogP contribution in [0.5, 0.6) is 0 Å². The number of aromatic amines is 1. The van der Waals surface area contributed by atoms with E-state index >= 15 is 0 Å². The van der Waals surface area contributed by atoms with Gasteiger partial charge in [0.05, 0.1) is 29.4 Å². The van der Waals surface area contributed by atoms with Crippen LogP contribution in [0.25, 0.3) is 22.3 Å². The van der Waals surface area contributed by atoms with Crippen LogP contribution in [0.1, 0.15) is 11.6 Å². The monoisotopic (exact) mass is 573 g/mol. The van der Waals surface area contributed by atoms with Gasteiger partial charge >= 0.3 is 0 Å². The van der Waals surface area contributed by atoms with Crippen molar-refractivity contribution in [3.05, 3.63) is 112 Å². The number of H-pyrrole nitrogens is 1. The summed E-state index contributed by atoms with van der Waals surface area (Å²) in [7, 11) is 0. The highest BCUT2D eigenvalue weighted by atomic mass is 35.5. The van der Waals surface area contributed by atoms with Crippen molar-refractivity contribution in [1.82, 2.24) is 35.7 Å². The van der Waals surface area contributed by atoms with Gasteiger partial charge in [0.15, 0.2) is 5.82 Å². The summed E-state index contributed by atoms with van der Waals surface area (Å²) in [6, 6.07) is 18.7. The first-order valence-electron chi connectivity index (χ1n) is 12.2. The van der Waals surface area contributed by atoms with Crippen LogP contribution in [-0.2, 0) is 11.2 Å². The summed E-state index contributed by atoms with van der Waals surface area (Å²) in [6.45, 7) is 0. The maximum atomic E-state index is 13.6. The first-order valence-corrected chi connectivity index (χ1v) is 12.9. The summed E-state index contributed by atoms with van der Waals surface area (Å²) in [4.78, 5) is 36.0. The minimum Gasteiger partial charge on any atom is -0.306 e. The lowest BCUT2D eigenvalue weighted by atomic mass is 10.0. The molecule has 4 N–H and O–H groups in total. The van der Waals surface area contributed by atoms with Gasteiger partial charge < -0.3 is 5.32 Å². The van der Waals surface area contributed by atoms with Gasteiger partial charge in [-0.3, -0.25) is 34.7 Å². The number of amides is 1. The van der Waals surface area contributed by atoms with E-state index in [-0.39, 0.29) is 12.2 Å². The number of nitrogens with one attached hydrogen (secondary N) is 4. The topological polar surface area (TPSA) is 133 Å². The highest BCUT2D eigenvalue weighted by Crippen LogP contribution is 2.32. The molecule has 3 aromatic heterocycles. The number of halogens is 2. The van der Waals surface area contributed by atoms with E-state index in [9.17, 15) is 9.59 Å². The molecule has 40 heavy (non-hydrogen) atoms. The minimum atomic E-state index is -0.920. The van der Waals surface area contributed by atoms with Gasteiger partial charge in [-0.05, 0) is 35.9 Å². The van der Waals surface area contributed by atoms with Gasteiger partial charge in [0.1, 0.15) is 16.7 Å². The van der Waals surface area contributed by atoms with Gasteiger partial charge in [0.25, 0.3) is 5.56 Å². The number of hydrogen-bond acceptors (Lipinski definition) is 8. The summed E-state index contributed by atoms with van der Waals surface area (Å²) in [5.41, 5.74) is 8.97. The molecule has 0 saturated heterocycles. The Labute approximate surface area is 237 Å². The van der Waals surface area contributed by atoms with Crippen molar-refractivity contribution in [1.29, 1.82) is 0 Å². The van der Waals surface area contributed by atoms with Crippen LogP contribution in [0, 0.1) is 0 Å². The number of carbonyl (C=O) groups is 1. The summed E-state index contributed by atoms with van der Waals surface area (Å²) in [6.07, 6.45) is 4.88. The second-order valence-corrected chi connectivity index (χ2v) is 9.78. The fourth-order valence-electron chi connectivity index (χ4n) is 4.43. The fraction of sp³-hybridized carbons (Fsp3) is 0.0741. The molecular weight excluding hydrogens is 553 g/mol. The molecule has 200 valence electrons. The number of nitrogens with zero attached hydrogens (tertiary/aromatic N) is 5. The van der Waals surface area contributed by atoms with E-state index in [1.807, 2.05) is 30.3 Å². The Bertz CT molecular complexity index is 1800. The largest absolute Gasteiger partial charge is 0.306 e. The normalized spacial score (nSPS) is 13.7. The Morgan fingerprint density at radius 3 is 2.65 bits per heavy atom. The van der Waals surface area contributed by atoms with Crippen molar-refractivity contribution in [3.63, 3.8) is 0 Å². The van der Waals surface area contributed by atoms with E-state index in [1.54, 1.807) is 47.7 Å². The zero-order valence-corrected chi connectivity index (χ0v) is 22.2. The molecule has 5 aromatic rings. The van der Waals surface area contributed by atoms with E-state index in [4.69, 9.17) is 23.2 Å². The molecule has 1 amide bonds. The SMILES string of the molecule is O=C(Nc1n[nH]c2cccnc12)[C@H](Cc1ccccc1)n1cnc(-c2cc(Cl)ccc2N2C=C(Cl)NN2)cc1=O. The molecule has 0 fully saturated rings. The molecule has 1 atom stereocenters. The average Bonchev–Trinajstić information content (AvgIpc) is 3.58. The number of hydrogen-bond donors (Lipinski definition) is 4. The lowest BCUT2D eigenvalue weighted by Crippen LogP contribution is -2.36. The molecule has 4 heterocycles. The van der Waals surface area contributed by atoms with Crippen LogP contribution in [0.2, 0.25) is 5.02 Å². The van der Waals surface area contributed by atoms with Gasteiger partial charge in [0.2, 0.25) is 5.91 Å². The van der Waals surface area contributed by atoms with E-state index < -0.39 is 17.5 Å². The highest BCUT2D eigenvalue weighted by Gasteiger charge is 2.25. The predicted octanol–water partition coefficient (Wildman–Crippen LogP) is 4.12. The molecule has 1 aliphatic rings. The van der Waals surface area contributed by atoms with Gasteiger partial charge in [-0.15, -0.1) is 5.53 Å². The quantitative estimate of drug-likeness (QED) is 0.214. The number of anilines is 2. The molecule has 1 aliphatic heterocycles. The standard InChI is InChI=1S/C27H21Cl2N9O2/c28-17-8-9-21(38-14-23(29)34-36-38)18(12-17)20-13-24(39)37(15-31-20)22(11-16-5-2-1-3-6-16)27(40)32-26-25-19(33-35-26)7-4-10-30-25/h1-10,12-15,22,34,36H,11H2,(H2,32,33,35,40)/t22-/m0/s1. The van der Waals surface area contributed by atoms with Crippen LogP contribution in [0.3, 0.4) is 0 Å². The van der Waals surface area contributed by atoms with Crippen molar-refractivity contribution < 1.29 is 4.79 Å². The summed E-state index contributed by atoms with van der Waals surface area (Å²) in [5.74, 6) is -0.159. The van der Waals surface area contributed by atoms with Crippen molar-refractivity contribution in [2.24, 2.45) is 0 Å². The smallest absolute Gasteiger partial charge is 0.254 e. The maximum Gasteiger partial charge on any atom is 0.254 e. The van der Waals surface area contributed by atoms with E-state index in [2.05, 4.69) is 36.4 Å². The van der Waals surface area contributed by atoms with Gasteiger partial charge in [-0.25, -0.2) is 4.98 Å². The van der Waals surface area contributed by atoms with Crippen molar-refractivity contribution in [2.75, 3.05) is 10.3 Å². The molecule has 13 heteroatoms. The average molecular weight is 574 g/mol. The second kappa shape index (κ2) is 10.8. The molecule has 0 aliphatic carbocycles. The summed E-state index contributed by atoms with van der Waals surface area (Å²) >= 11 is 12.3. The summed E-state index contributed by atoms with van der Waals surface area (Å²) in [5, 5.41) is 12.4. The molecule has 0 bridgehead atoms. The number of hydrazine groups is 2. The number of aromatic nitrogens is 5. The lowest BCUT2D eigenvalue weighted by Gasteiger charge is -2.21. The third-order valence-corrected chi connectivity index (χ3v) is 6.77. The second-order valence-electron chi connectivity index (χ2n) is 8.93. The predicted molar refractivity (Wildman–Crippen MR) is 153 cm³/mol. The van der Waals surface area contributed by atoms with Crippen LogP contribution >= 0.6 is 23.2 Å². The Morgan fingerprint density at radius 2 is 1.88 bits per heavy atom. The van der Waals surface area contributed by atoms with Gasteiger partial charge in [-0.2, -0.15) is 5.10 Å². The molecule has 11 nitrogen and oxygen atoms in total. The van der Waals surface area contributed by atoms with Crippen LogP contribution in [0.4, 0.5) is 11.5 Å². The first-order chi connectivity index (χ1) is 19.5. The van der Waals surface area contributed by atoms with Crippen molar-refractivity contribution in [2.45, 2.75) is 12.5 Å². The van der Waals surface area contributed by atoms with Crippen LogP contribution < -0.4 is 26.8 Å². The highest BCUT2D eigenvalue weighted by molar-refractivity contribution is 6.31. The lowest BCUT2D eigenvalue weighted by molar-refractivity contribution is -0.119. The zero-order valence-electron chi connectivity index (χ0n) is 20.7. The Hall–Kier alpha value is -4.71. The fourth-order valence-corrected chi connectivity index (χ4v) is 4.74. The van der Waals surface area contributed by atoms with Crippen LogP contribution in [-0.4, -0.2) is 30.6 Å². The van der Waals surface area contributed by atoms with Crippen molar-refractivity contribution >= 4 is 51.6 Å². The zero-order chi connectivity index (χ0) is 27.6. The molecular formula is C27H21Cl2N9O2. The number of carbonyl (C=O) groups excluding carboxylic acids is 1. The third-order valence-electron chi connectivity index (χ3n) is 6.34. The Balaban J connectivity index is 1.37. The molecule has 0 unspecified atom stereocenters. The molecule has 0 spiro atoms. The molecule has 0 saturated carbocycles. The number of fused-ring (bicyclic) bond motifs is 1. The number of pyridine rings is 1. The minimum absolute atomic E-state index is 0.248. The van der Waals surface area contributed by atoms with Gasteiger partial charge in [0, 0.05) is 29.3 Å². The van der Waals surface area contributed by atoms with E-state index in [0.29, 0.717) is 38.2 Å². The van der Waals surface area contributed by atoms with E-state index in [0.717, 1.165) is 5.56 Å².